The van der Waals surface area contributed by atoms with Gasteiger partial charge in [0.1, 0.15) is 0 Å². The van der Waals surface area contributed by atoms with Gasteiger partial charge in [0, 0.05) is 32.0 Å². The topological polar surface area (TPSA) is 114 Å². The number of rotatable bonds is 5. The third-order valence-electron chi connectivity index (χ3n) is 5.92. The maximum atomic E-state index is 12.8. The molecule has 12 heteroatoms. The number of hydrogen-bond acceptors (Lipinski definition) is 5. The van der Waals surface area contributed by atoms with Crippen molar-refractivity contribution in [1.29, 1.82) is 0 Å². The molecule has 2 aliphatic heterocycles. The van der Waals surface area contributed by atoms with Crippen molar-refractivity contribution in [3.8, 4) is 0 Å². The molecule has 2 saturated heterocycles. The molecule has 0 aliphatic carbocycles. The molecule has 166 valence electrons. The number of hydrogen-bond donors (Lipinski definition) is 3. The second-order valence-electron chi connectivity index (χ2n) is 7.71. The van der Waals surface area contributed by atoms with Crippen molar-refractivity contribution >= 4 is 23.6 Å². The lowest BCUT2D eigenvalue weighted by atomic mass is 9.83. The minimum Gasteiger partial charge on any atom is -0.364 e. The molecule has 0 bridgehead atoms. The van der Waals surface area contributed by atoms with Crippen LogP contribution in [0.2, 0.25) is 0 Å². The summed E-state index contributed by atoms with van der Waals surface area (Å²) >= 11 is 0.746. The highest BCUT2D eigenvalue weighted by Gasteiger charge is 2.49. The molecule has 2 amide bonds. The first-order valence-corrected chi connectivity index (χ1v) is 10.8. The van der Waals surface area contributed by atoms with Gasteiger partial charge in [0.15, 0.2) is 16.4 Å². The van der Waals surface area contributed by atoms with E-state index in [4.69, 9.17) is 5.73 Å². The maximum Gasteiger partial charge on any atom is 0.433 e. The zero-order valence-corrected chi connectivity index (χ0v) is 17.2. The number of nitrogens with zero attached hydrogens (tertiary/aromatic N) is 2. The first-order chi connectivity index (χ1) is 14.1. The van der Waals surface area contributed by atoms with Gasteiger partial charge in [0.2, 0.25) is 5.91 Å². The van der Waals surface area contributed by atoms with Gasteiger partial charge in [0.25, 0.3) is 11.5 Å². The summed E-state index contributed by atoms with van der Waals surface area (Å²) in [5.74, 6) is -0.789. The second kappa shape index (κ2) is 8.96. The normalized spacial score (nSPS) is 20.2. The maximum absolute atomic E-state index is 12.8. The first-order valence-electron chi connectivity index (χ1n) is 9.86. The summed E-state index contributed by atoms with van der Waals surface area (Å²) in [5.41, 5.74) is 2.86. The molecule has 3 heterocycles. The van der Waals surface area contributed by atoms with Gasteiger partial charge in [-0.3, -0.25) is 14.4 Å². The van der Waals surface area contributed by atoms with Crippen molar-refractivity contribution in [2.45, 2.75) is 49.0 Å². The van der Waals surface area contributed by atoms with Gasteiger partial charge in [-0.1, -0.05) is 11.8 Å². The highest BCUT2D eigenvalue weighted by atomic mass is 32.2. The molecule has 30 heavy (non-hydrogen) atoms. The van der Waals surface area contributed by atoms with Crippen LogP contribution in [0.15, 0.2) is 16.0 Å². The summed E-state index contributed by atoms with van der Waals surface area (Å²) in [6, 6.07) is 0.378. The third kappa shape index (κ3) is 4.97. The number of halogens is 3. The number of thioether (sulfide) groups is 1. The minimum absolute atomic E-state index is 0.162. The van der Waals surface area contributed by atoms with E-state index in [0.717, 1.165) is 44.1 Å². The molecular formula is C18H25F3N5O3S+. The Morgan fingerprint density at radius 3 is 2.43 bits per heavy atom. The average Bonchev–Trinajstić information content (AvgIpc) is 2.71. The van der Waals surface area contributed by atoms with Gasteiger partial charge in [0.05, 0.1) is 18.8 Å². The van der Waals surface area contributed by atoms with Crippen molar-refractivity contribution < 1.29 is 27.7 Å². The molecule has 0 atom stereocenters. The van der Waals surface area contributed by atoms with Crippen molar-refractivity contribution in [2.24, 2.45) is 5.73 Å². The molecule has 3 rings (SSSR count). The number of likely N-dealkylation sites (tertiary alicyclic amines) is 2. The van der Waals surface area contributed by atoms with Gasteiger partial charge in [-0.05, 0) is 19.3 Å². The SMILES string of the molecule is NC(=O)C1([NH+]2CCCCC2)CCN(C(=O)CSc2nc(C(F)(F)F)cc(=O)[nH]2)CC1. The van der Waals surface area contributed by atoms with Gasteiger partial charge in [-0.2, -0.15) is 13.2 Å². The predicted octanol–water partition coefficient (Wildman–Crippen LogP) is -0.204. The molecular weight excluding hydrogens is 423 g/mol. The van der Waals surface area contributed by atoms with Crippen molar-refractivity contribution in [1.82, 2.24) is 14.9 Å². The first kappa shape index (κ1) is 22.6. The smallest absolute Gasteiger partial charge is 0.364 e. The van der Waals surface area contributed by atoms with Crippen LogP contribution in [0.5, 0.6) is 0 Å². The predicted molar refractivity (Wildman–Crippen MR) is 103 cm³/mol. The number of quaternary nitrogens is 1. The lowest BCUT2D eigenvalue weighted by Gasteiger charge is -2.45. The van der Waals surface area contributed by atoms with Gasteiger partial charge >= 0.3 is 6.18 Å². The van der Waals surface area contributed by atoms with E-state index in [0.29, 0.717) is 32.0 Å². The van der Waals surface area contributed by atoms with Crippen LogP contribution >= 0.6 is 11.8 Å². The zero-order valence-electron chi connectivity index (χ0n) is 16.4. The Kier molecular flexibility index (Phi) is 6.75. The Morgan fingerprint density at radius 2 is 1.87 bits per heavy atom. The highest BCUT2D eigenvalue weighted by molar-refractivity contribution is 7.99. The summed E-state index contributed by atoms with van der Waals surface area (Å²) in [5, 5.41) is -0.260. The monoisotopic (exact) mass is 448 g/mol. The number of primary amides is 1. The standard InChI is InChI=1S/C18H24F3N5O3S/c19-18(20,21)12-10-13(27)24-16(23-12)30-11-14(28)25-8-4-17(5-9-25,15(22)29)26-6-2-1-3-7-26/h10H,1-9,11H2,(H2,22,29)(H,23,24,27)/p+1. The lowest BCUT2D eigenvalue weighted by Crippen LogP contribution is -3.22. The van der Waals surface area contributed by atoms with Crippen LogP contribution in [-0.4, -0.2) is 64.2 Å². The van der Waals surface area contributed by atoms with Gasteiger partial charge in [-0.15, -0.1) is 0 Å². The van der Waals surface area contributed by atoms with Crippen molar-refractivity contribution in [3.63, 3.8) is 0 Å². The van der Waals surface area contributed by atoms with Crippen molar-refractivity contribution in [2.75, 3.05) is 31.9 Å². The van der Waals surface area contributed by atoms with Gasteiger partial charge in [-0.25, -0.2) is 4.98 Å². The fourth-order valence-corrected chi connectivity index (χ4v) is 5.02. The van der Waals surface area contributed by atoms with E-state index in [2.05, 4.69) is 9.97 Å². The summed E-state index contributed by atoms with van der Waals surface area (Å²) in [6.45, 7) is 2.50. The molecule has 8 nitrogen and oxygen atoms in total. The second-order valence-corrected chi connectivity index (χ2v) is 8.68. The Bertz CT molecular complexity index is 846. The largest absolute Gasteiger partial charge is 0.433 e. The number of nitrogens with two attached hydrogens (primary N) is 1. The number of amides is 2. The number of aromatic amines is 1. The Labute approximate surface area is 175 Å². The molecule has 0 spiro atoms. The van der Waals surface area contributed by atoms with E-state index in [1.807, 2.05) is 0 Å². The van der Waals surface area contributed by atoms with E-state index < -0.39 is 23.0 Å². The van der Waals surface area contributed by atoms with E-state index in [1.165, 1.54) is 4.90 Å². The molecule has 0 unspecified atom stereocenters. The number of piperidine rings is 2. The van der Waals surface area contributed by atoms with E-state index in [9.17, 15) is 27.6 Å². The van der Waals surface area contributed by atoms with Gasteiger partial charge < -0.3 is 20.5 Å². The van der Waals surface area contributed by atoms with Crippen LogP contribution in [0.1, 0.15) is 37.8 Å². The van der Waals surface area contributed by atoms with E-state index in [-0.39, 0.29) is 22.7 Å². The molecule has 0 radical (unpaired) electrons. The average molecular weight is 448 g/mol. The Balaban J connectivity index is 1.60. The third-order valence-corrected chi connectivity index (χ3v) is 6.78. The number of carbonyl (C=O) groups excluding carboxylic acids is 2. The molecule has 4 N–H and O–H groups in total. The van der Waals surface area contributed by atoms with Crippen LogP contribution in [-0.2, 0) is 15.8 Å². The fourth-order valence-electron chi connectivity index (χ4n) is 4.24. The van der Waals surface area contributed by atoms with E-state index >= 15 is 0 Å². The van der Waals surface area contributed by atoms with Crippen molar-refractivity contribution in [3.05, 3.63) is 22.1 Å². The summed E-state index contributed by atoms with van der Waals surface area (Å²) in [4.78, 5) is 44.6. The summed E-state index contributed by atoms with van der Waals surface area (Å²) < 4.78 is 38.4. The van der Waals surface area contributed by atoms with E-state index in [1.54, 1.807) is 4.90 Å². The number of carbonyl (C=O) groups is 2. The number of aromatic nitrogens is 2. The quantitative estimate of drug-likeness (QED) is 0.426. The number of H-pyrrole nitrogens is 1. The lowest BCUT2D eigenvalue weighted by molar-refractivity contribution is -0.948. The van der Waals surface area contributed by atoms with Crippen LogP contribution in [0.25, 0.3) is 0 Å². The molecule has 0 saturated carbocycles. The molecule has 0 aromatic carbocycles. The number of alkyl halides is 3. The zero-order chi connectivity index (χ0) is 21.9. The fraction of sp³-hybridized carbons (Fsp3) is 0.667. The Hall–Kier alpha value is -2.08. The molecule has 1 aromatic rings. The minimum atomic E-state index is -4.74. The van der Waals surface area contributed by atoms with Crippen LogP contribution in [0, 0.1) is 0 Å². The summed E-state index contributed by atoms with van der Waals surface area (Å²) in [6.07, 6.45) is -0.571. The van der Waals surface area contributed by atoms with Crippen LogP contribution in [0.4, 0.5) is 13.2 Å². The Morgan fingerprint density at radius 1 is 1.23 bits per heavy atom. The summed E-state index contributed by atoms with van der Waals surface area (Å²) in [7, 11) is 0. The highest BCUT2D eigenvalue weighted by Crippen LogP contribution is 2.28. The van der Waals surface area contributed by atoms with Crippen LogP contribution < -0.4 is 16.2 Å². The molecule has 2 aliphatic rings. The number of nitrogens with one attached hydrogen (secondary N) is 2. The van der Waals surface area contributed by atoms with Crippen LogP contribution in [0.3, 0.4) is 0 Å². The molecule has 2 fully saturated rings. The molecule has 1 aromatic heterocycles.